The molecular formula is C16H30N2O5. The molecule has 7 heteroatoms. The molecule has 1 rings (SSSR count). The van der Waals surface area contributed by atoms with Gasteiger partial charge in [0.2, 0.25) is 5.91 Å². The minimum absolute atomic E-state index is 0.119. The molecule has 1 aliphatic carbocycles. The van der Waals surface area contributed by atoms with Crippen molar-refractivity contribution in [2.45, 2.75) is 64.6 Å². The van der Waals surface area contributed by atoms with Gasteiger partial charge in [0.1, 0.15) is 0 Å². The van der Waals surface area contributed by atoms with Crippen LogP contribution in [0.5, 0.6) is 0 Å². The van der Waals surface area contributed by atoms with Gasteiger partial charge in [0.15, 0.2) is 0 Å². The van der Waals surface area contributed by atoms with E-state index in [2.05, 4.69) is 26.1 Å². The summed E-state index contributed by atoms with van der Waals surface area (Å²) < 4.78 is 5.92. The Morgan fingerprint density at radius 2 is 2.00 bits per heavy atom. The fourth-order valence-electron chi connectivity index (χ4n) is 3.09. The minimum Gasteiger partial charge on any atom is -0.481 e. The van der Waals surface area contributed by atoms with Gasteiger partial charge in [-0.2, -0.15) is 0 Å². The number of carboxylic acid groups (broad SMARTS) is 1. The molecule has 0 saturated heterocycles. The SMILES string of the molecule is CC(C)(C)C1CCCC1OCC(CO)NC(=O)[C@@H](N)CC(=O)O. The molecule has 0 aromatic carbocycles. The van der Waals surface area contributed by atoms with Crippen LogP contribution in [0.2, 0.25) is 0 Å². The highest BCUT2D eigenvalue weighted by Crippen LogP contribution is 2.40. The van der Waals surface area contributed by atoms with Crippen molar-refractivity contribution in [3.8, 4) is 0 Å². The van der Waals surface area contributed by atoms with Crippen molar-refractivity contribution in [1.29, 1.82) is 0 Å². The van der Waals surface area contributed by atoms with Gasteiger partial charge in [0.25, 0.3) is 0 Å². The molecule has 0 spiro atoms. The van der Waals surface area contributed by atoms with Gasteiger partial charge >= 0.3 is 5.97 Å². The molecule has 0 bridgehead atoms. The van der Waals surface area contributed by atoms with Crippen LogP contribution in [-0.2, 0) is 14.3 Å². The first-order chi connectivity index (χ1) is 10.6. The highest BCUT2D eigenvalue weighted by atomic mass is 16.5. The van der Waals surface area contributed by atoms with Gasteiger partial charge < -0.3 is 26.0 Å². The molecule has 0 aliphatic heterocycles. The molecule has 1 fully saturated rings. The lowest BCUT2D eigenvalue weighted by Crippen LogP contribution is -2.49. The number of rotatable bonds is 8. The normalized spacial score (nSPS) is 24.2. The number of nitrogens with one attached hydrogen (secondary N) is 1. The van der Waals surface area contributed by atoms with Crippen LogP contribution in [0.25, 0.3) is 0 Å². The fraction of sp³-hybridized carbons (Fsp3) is 0.875. The largest absolute Gasteiger partial charge is 0.481 e. The predicted octanol–water partition coefficient (Wildman–Crippen LogP) is 0.497. The quantitative estimate of drug-likeness (QED) is 0.514. The van der Waals surface area contributed by atoms with E-state index in [4.69, 9.17) is 15.6 Å². The zero-order valence-corrected chi connectivity index (χ0v) is 14.2. The van der Waals surface area contributed by atoms with Crippen molar-refractivity contribution < 1.29 is 24.5 Å². The Morgan fingerprint density at radius 1 is 1.35 bits per heavy atom. The van der Waals surface area contributed by atoms with Crippen LogP contribution in [0.4, 0.5) is 0 Å². The summed E-state index contributed by atoms with van der Waals surface area (Å²) >= 11 is 0. The molecule has 0 aromatic rings. The summed E-state index contributed by atoms with van der Waals surface area (Å²) in [6.07, 6.45) is 2.89. The van der Waals surface area contributed by atoms with Gasteiger partial charge in [-0.3, -0.25) is 9.59 Å². The number of carbonyl (C=O) groups is 2. The Hall–Kier alpha value is -1.18. The fourth-order valence-corrected chi connectivity index (χ4v) is 3.09. The highest BCUT2D eigenvalue weighted by Gasteiger charge is 2.37. The van der Waals surface area contributed by atoms with E-state index < -0.39 is 30.4 Å². The third-order valence-corrected chi connectivity index (χ3v) is 4.37. The smallest absolute Gasteiger partial charge is 0.305 e. The van der Waals surface area contributed by atoms with Crippen molar-refractivity contribution in [2.24, 2.45) is 17.1 Å². The Kier molecular flexibility index (Phi) is 7.44. The number of amides is 1. The van der Waals surface area contributed by atoms with E-state index in [1.54, 1.807) is 0 Å². The van der Waals surface area contributed by atoms with Crippen LogP contribution in [0, 0.1) is 11.3 Å². The summed E-state index contributed by atoms with van der Waals surface area (Å²) in [5.41, 5.74) is 5.66. The van der Waals surface area contributed by atoms with Crippen LogP contribution >= 0.6 is 0 Å². The molecule has 1 amide bonds. The first kappa shape index (κ1) is 19.9. The Bertz CT molecular complexity index is 408. The van der Waals surface area contributed by atoms with Crippen LogP contribution < -0.4 is 11.1 Å². The predicted molar refractivity (Wildman–Crippen MR) is 85.8 cm³/mol. The minimum atomic E-state index is -1.14. The van der Waals surface area contributed by atoms with Crippen molar-refractivity contribution in [2.75, 3.05) is 13.2 Å². The molecule has 4 atom stereocenters. The van der Waals surface area contributed by atoms with Gasteiger partial charge in [0, 0.05) is 0 Å². The number of aliphatic carboxylic acids is 1. The molecule has 7 nitrogen and oxygen atoms in total. The molecule has 5 N–H and O–H groups in total. The third kappa shape index (κ3) is 6.45. The van der Waals surface area contributed by atoms with Gasteiger partial charge in [-0.05, 0) is 24.2 Å². The second-order valence-corrected chi connectivity index (χ2v) is 7.37. The number of carboxylic acids is 1. The summed E-state index contributed by atoms with van der Waals surface area (Å²) in [5.74, 6) is -1.27. The van der Waals surface area contributed by atoms with Crippen molar-refractivity contribution in [3.05, 3.63) is 0 Å². The maximum absolute atomic E-state index is 11.8. The highest BCUT2D eigenvalue weighted by molar-refractivity contribution is 5.86. The lowest BCUT2D eigenvalue weighted by molar-refractivity contribution is -0.139. The molecule has 0 aromatic heterocycles. The van der Waals surface area contributed by atoms with Crippen LogP contribution in [-0.4, -0.2) is 53.5 Å². The number of hydrogen-bond acceptors (Lipinski definition) is 5. The molecule has 134 valence electrons. The molecule has 3 unspecified atom stereocenters. The van der Waals surface area contributed by atoms with E-state index in [0.717, 1.165) is 19.3 Å². The summed E-state index contributed by atoms with van der Waals surface area (Å²) in [6.45, 7) is 6.48. The lowest BCUT2D eigenvalue weighted by Gasteiger charge is -2.33. The van der Waals surface area contributed by atoms with E-state index in [9.17, 15) is 14.7 Å². The van der Waals surface area contributed by atoms with Crippen LogP contribution in [0.1, 0.15) is 46.5 Å². The average molecular weight is 330 g/mol. The number of aliphatic hydroxyl groups excluding tert-OH is 1. The van der Waals surface area contributed by atoms with Gasteiger partial charge in [0.05, 0.1) is 37.8 Å². The zero-order valence-electron chi connectivity index (χ0n) is 14.2. The Labute approximate surface area is 137 Å². The van der Waals surface area contributed by atoms with Crippen molar-refractivity contribution >= 4 is 11.9 Å². The molecule has 1 aliphatic rings. The van der Waals surface area contributed by atoms with Crippen molar-refractivity contribution in [1.82, 2.24) is 5.32 Å². The van der Waals surface area contributed by atoms with Gasteiger partial charge in [-0.15, -0.1) is 0 Å². The van der Waals surface area contributed by atoms with E-state index in [0.29, 0.717) is 5.92 Å². The van der Waals surface area contributed by atoms with Crippen LogP contribution in [0.3, 0.4) is 0 Å². The second-order valence-electron chi connectivity index (χ2n) is 7.37. The summed E-state index contributed by atoms with van der Waals surface area (Å²) in [4.78, 5) is 22.4. The molecular weight excluding hydrogens is 300 g/mol. The standard InChI is InChI=1S/C16H30N2O5/c1-16(2,3)11-5-4-6-13(11)23-9-10(8-19)18-15(22)12(17)7-14(20)21/h10-13,19H,4-9,17H2,1-3H3,(H,18,22)(H,20,21)/t10?,11?,12-,13?/m0/s1. The Balaban J connectivity index is 2.47. The van der Waals surface area contributed by atoms with Gasteiger partial charge in [-0.1, -0.05) is 27.2 Å². The zero-order chi connectivity index (χ0) is 17.6. The van der Waals surface area contributed by atoms with Gasteiger partial charge in [-0.25, -0.2) is 0 Å². The molecule has 23 heavy (non-hydrogen) atoms. The number of hydrogen-bond donors (Lipinski definition) is 4. The van der Waals surface area contributed by atoms with E-state index >= 15 is 0 Å². The van der Waals surface area contributed by atoms with Crippen molar-refractivity contribution in [3.63, 3.8) is 0 Å². The number of carbonyl (C=O) groups excluding carboxylic acids is 1. The number of aliphatic hydroxyl groups is 1. The lowest BCUT2D eigenvalue weighted by atomic mass is 9.78. The maximum Gasteiger partial charge on any atom is 0.305 e. The number of ether oxygens (including phenoxy) is 1. The molecule has 1 saturated carbocycles. The molecule has 0 heterocycles. The third-order valence-electron chi connectivity index (χ3n) is 4.37. The van der Waals surface area contributed by atoms with E-state index in [1.165, 1.54) is 0 Å². The first-order valence-corrected chi connectivity index (χ1v) is 8.15. The Morgan fingerprint density at radius 3 is 2.52 bits per heavy atom. The summed E-state index contributed by atoms with van der Waals surface area (Å²) in [5, 5.41) is 20.6. The first-order valence-electron chi connectivity index (χ1n) is 8.15. The maximum atomic E-state index is 11.8. The average Bonchev–Trinajstić information content (AvgIpc) is 2.90. The van der Waals surface area contributed by atoms with E-state index in [-0.39, 0.29) is 24.7 Å². The summed E-state index contributed by atoms with van der Waals surface area (Å²) in [6, 6.07) is -1.71. The topological polar surface area (TPSA) is 122 Å². The number of nitrogens with two attached hydrogens (primary N) is 1. The molecule has 0 radical (unpaired) electrons. The van der Waals surface area contributed by atoms with E-state index in [1.807, 2.05) is 0 Å². The monoisotopic (exact) mass is 330 g/mol. The van der Waals surface area contributed by atoms with Crippen LogP contribution in [0.15, 0.2) is 0 Å². The summed E-state index contributed by atoms with van der Waals surface area (Å²) in [7, 11) is 0. The second kappa shape index (κ2) is 8.61.